The van der Waals surface area contributed by atoms with Gasteiger partial charge in [-0.05, 0) is 19.5 Å². The van der Waals surface area contributed by atoms with Crippen LogP contribution in [0.1, 0.15) is 19.5 Å². The molecule has 1 aromatic rings. The molecular formula is C10H17N3. The van der Waals surface area contributed by atoms with Gasteiger partial charge in [-0.3, -0.25) is 4.68 Å². The van der Waals surface area contributed by atoms with Crippen LogP contribution in [0.15, 0.2) is 24.4 Å². The fourth-order valence-corrected chi connectivity index (χ4v) is 1.12. The maximum Gasteiger partial charge on any atom is 0.0762 e. The zero-order valence-electron chi connectivity index (χ0n) is 8.38. The average Bonchev–Trinajstić information content (AvgIpc) is 2.48. The molecule has 1 heterocycles. The summed E-state index contributed by atoms with van der Waals surface area (Å²) in [6, 6.07) is 2.03. The Kier molecular flexibility index (Phi) is 3.71. The zero-order valence-corrected chi connectivity index (χ0v) is 8.38. The molecule has 0 fully saturated rings. The maximum atomic E-state index is 4.38. The van der Waals surface area contributed by atoms with Crippen molar-refractivity contribution in [3.05, 3.63) is 30.1 Å². The van der Waals surface area contributed by atoms with Crippen LogP contribution in [0.2, 0.25) is 0 Å². The molecule has 1 aromatic heterocycles. The van der Waals surface area contributed by atoms with Gasteiger partial charge in [0.1, 0.15) is 0 Å². The Morgan fingerprint density at radius 1 is 1.69 bits per heavy atom. The van der Waals surface area contributed by atoms with E-state index in [0.29, 0.717) is 0 Å². The second-order valence-electron chi connectivity index (χ2n) is 3.24. The van der Waals surface area contributed by atoms with E-state index in [9.17, 15) is 0 Å². The van der Waals surface area contributed by atoms with Crippen molar-refractivity contribution in [1.29, 1.82) is 0 Å². The molecule has 0 atom stereocenters. The van der Waals surface area contributed by atoms with Crippen molar-refractivity contribution in [3.8, 4) is 0 Å². The summed E-state index contributed by atoms with van der Waals surface area (Å²) in [7, 11) is 0. The van der Waals surface area contributed by atoms with E-state index in [-0.39, 0.29) is 0 Å². The second kappa shape index (κ2) is 4.82. The third-order valence-corrected chi connectivity index (χ3v) is 1.68. The molecule has 0 bridgehead atoms. The molecule has 0 radical (unpaired) electrons. The molecule has 72 valence electrons. The van der Waals surface area contributed by atoms with E-state index in [1.807, 2.05) is 23.9 Å². The van der Waals surface area contributed by atoms with Crippen LogP contribution in [0.4, 0.5) is 0 Å². The first-order valence-electron chi connectivity index (χ1n) is 4.59. The van der Waals surface area contributed by atoms with Crippen molar-refractivity contribution in [1.82, 2.24) is 15.1 Å². The van der Waals surface area contributed by atoms with Crippen LogP contribution in [0.5, 0.6) is 0 Å². The number of allylic oxidation sites excluding steroid dienone is 1. The van der Waals surface area contributed by atoms with E-state index in [4.69, 9.17) is 0 Å². The topological polar surface area (TPSA) is 29.9 Å². The van der Waals surface area contributed by atoms with Crippen molar-refractivity contribution in [2.24, 2.45) is 0 Å². The van der Waals surface area contributed by atoms with Gasteiger partial charge in [0.05, 0.1) is 12.2 Å². The summed E-state index contributed by atoms with van der Waals surface area (Å²) in [6.07, 6.45) is 1.99. The highest BCUT2D eigenvalue weighted by atomic mass is 15.3. The molecule has 0 saturated heterocycles. The van der Waals surface area contributed by atoms with Gasteiger partial charge >= 0.3 is 0 Å². The van der Waals surface area contributed by atoms with Crippen molar-refractivity contribution < 1.29 is 0 Å². The lowest BCUT2D eigenvalue weighted by Gasteiger charge is -1.99. The van der Waals surface area contributed by atoms with Gasteiger partial charge < -0.3 is 5.32 Å². The predicted molar refractivity (Wildman–Crippen MR) is 54.4 cm³/mol. The van der Waals surface area contributed by atoms with Crippen LogP contribution >= 0.6 is 0 Å². The van der Waals surface area contributed by atoms with Crippen molar-refractivity contribution in [2.45, 2.75) is 26.9 Å². The van der Waals surface area contributed by atoms with Crippen LogP contribution in [-0.4, -0.2) is 16.3 Å². The SMILES string of the molecule is C=C(C)Cn1ccc(CNCC)n1. The molecule has 0 aliphatic rings. The molecule has 3 nitrogen and oxygen atoms in total. The molecule has 0 aliphatic carbocycles. The Hall–Kier alpha value is -1.09. The van der Waals surface area contributed by atoms with Crippen molar-refractivity contribution in [3.63, 3.8) is 0 Å². The Bertz CT molecular complexity index is 275. The first-order valence-corrected chi connectivity index (χ1v) is 4.59. The van der Waals surface area contributed by atoms with Crippen LogP contribution in [0, 0.1) is 0 Å². The zero-order chi connectivity index (χ0) is 9.68. The highest BCUT2D eigenvalue weighted by molar-refractivity contribution is 5.00. The van der Waals surface area contributed by atoms with Gasteiger partial charge in [-0.2, -0.15) is 5.10 Å². The van der Waals surface area contributed by atoms with Crippen LogP contribution in [-0.2, 0) is 13.1 Å². The van der Waals surface area contributed by atoms with E-state index in [2.05, 4.69) is 23.9 Å². The third kappa shape index (κ3) is 3.42. The molecule has 0 amide bonds. The highest BCUT2D eigenvalue weighted by Crippen LogP contribution is 1.98. The smallest absolute Gasteiger partial charge is 0.0762 e. The molecule has 1 rings (SSSR count). The van der Waals surface area contributed by atoms with Gasteiger partial charge in [0.15, 0.2) is 0 Å². The van der Waals surface area contributed by atoms with Gasteiger partial charge in [0.25, 0.3) is 0 Å². The van der Waals surface area contributed by atoms with Crippen molar-refractivity contribution >= 4 is 0 Å². The molecule has 3 heteroatoms. The Balaban J connectivity index is 2.48. The van der Waals surface area contributed by atoms with Gasteiger partial charge in [-0.25, -0.2) is 0 Å². The molecular weight excluding hydrogens is 162 g/mol. The fraction of sp³-hybridized carbons (Fsp3) is 0.500. The largest absolute Gasteiger partial charge is 0.311 e. The van der Waals surface area contributed by atoms with Gasteiger partial charge in [0, 0.05) is 12.7 Å². The van der Waals surface area contributed by atoms with Crippen LogP contribution < -0.4 is 5.32 Å². The first kappa shape index (κ1) is 9.99. The molecule has 13 heavy (non-hydrogen) atoms. The molecule has 0 unspecified atom stereocenters. The number of hydrogen-bond acceptors (Lipinski definition) is 2. The summed E-state index contributed by atoms with van der Waals surface area (Å²) in [5.74, 6) is 0. The second-order valence-corrected chi connectivity index (χ2v) is 3.24. The fourth-order valence-electron chi connectivity index (χ4n) is 1.12. The molecule has 1 N–H and O–H groups in total. The van der Waals surface area contributed by atoms with E-state index in [0.717, 1.165) is 30.9 Å². The number of hydrogen-bond donors (Lipinski definition) is 1. The summed E-state index contributed by atoms with van der Waals surface area (Å²) < 4.78 is 1.91. The molecule has 0 saturated carbocycles. The van der Waals surface area contributed by atoms with E-state index < -0.39 is 0 Å². The van der Waals surface area contributed by atoms with Gasteiger partial charge in [0.2, 0.25) is 0 Å². The summed E-state index contributed by atoms with van der Waals surface area (Å²) in [5, 5.41) is 7.61. The number of nitrogens with one attached hydrogen (secondary N) is 1. The van der Waals surface area contributed by atoms with E-state index >= 15 is 0 Å². The number of aromatic nitrogens is 2. The average molecular weight is 179 g/mol. The molecule has 0 spiro atoms. The first-order chi connectivity index (χ1) is 6.22. The minimum atomic E-state index is 0.812. The Labute approximate surface area is 79.5 Å². The number of rotatable bonds is 5. The van der Waals surface area contributed by atoms with Gasteiger partial charge in [-0.15, -0.1) is 0 Å². The van der Waals surface area contributed by atoms with Gasteiger partial charge in [-0.1, -0.05) is 19.1 Å². The number of nitrogens with zero attached hydrogens (tertiary/aromatic N) is 2. The summed E-state index contributed by atoms with van der Waals surface area (Å²) >= 11 is 0. The minimum absolute atomic E-state index is 0.812. The molecule has 0 aromatic carbocycles. The lowest BCUT2D eigenvalue weighted by atomic mass is 10.4. The van der Waals surface area contributed by atoms with E-state index in [1.165, 1.54) is 0 Å². The quantitative estimate of drug-likeness (QED) is 0.695. The normalized spacial score (nSPS) is 10.3. The highest BCUT2D eigenvalue weighted by Gasteiger charge is 1.97. The summed E-state index contributed by atoms with van der Waals surface area (Å²) in [4.78, 5) is 0. The van der Waals surface area contributed by atoms with E-state index in [1.54, 1.807) is 0 Å². The monoisotopic (exact) mass is 179 g/mol. The van der Waals surface area contributed by atoms with Crippen LogP contribution in [0.3, 0.4) is 0 Å². The molecule has 0 aliphatic heterocycles. The lowest BCUT2D eigenvalue weighted by molar-refractivity contribution is 0.640. The Morgan fingerprint density at radius 2 is 2.46 bits per heavy atom. The standard InChI is InChI=1S/C10H17N3/c1-4-11-7-10-5-6-13(12-10)8-9(2)3/h5-6,11H,2,4,7-8H2,1,3H3. The maximum absolute atomic E-state index is 4.38. The minimum Gasteiger partial charge on any atom is -0.311 e. The summed E-state index contributed by atoms with van der Waals surface area (Å²) in [5.41, 5.74) is 2.21. The summed E-state index contributed by atoms with van der Waals surface area (Å²) in [6.45, 7) is 10.6. The Morgan fingerprint density at radius 3 is 3.08 bits per heavy atom. The predicted octanol–water partition coefficient (Wildman–Crippen LogP) is 1.57. The lowest BCUT2D eigenvalue weighted by Crippen LogP contribution is -2.12. The third-order valence-electron chi connectivity index (χ3n) is 1.68. The van der Waals surface area contributed by atoms with Crippen LogP contribution in [0.25, 0.3) is 0 Å². The van der Waals surface area contributed by atoms with Crippen molar-refractivity contribution in [2.75, 3.05) is 6.54 Å².